The van der Waals surface area contributed by atoms with Gasteiger partial charge in [-0.25, -0.2) is 4.79 Å². The minimum absolute atomic E-state index is 0. The molecule has 0 amide bonds. The molecule has 2 atom stereocenters. The molecule has 0 aromatic carbocycles. The first kappa shape index (κ1) is 12.7. The van der Waals surface area contributed by atoms with Gasteiger partial charge in [-0.1, -0.05) is 0 Å². The van der Waals surface area contributed by atoms with Crippen molar-refractivity contribution in [2.24, 2.45) is 0 Å². The fourth-order valence-electron chi connectivity index (χ4n) is 0.815. The van der Waals surface area contributed by atoms with E-state index >= 15 is 0 Å². The molecule has 0 unspecified atom stereocenters. The third kappa shape index (κ3) is 2.32. The summed E-state index contributed by atoms with van der Waals surface area (Å²) in [5.74, 6) is -3.25. The summed E-state index contributed by atoms with van der Waals surface area (Å²) in [4.78, 5) is 10.5. The standard InChI is InChI=1S/C6H8O6.Tl/c7-1-2(8)5-3(9)4(10)6(11)12-5;/h2,5,7-10H,1H2;/q;+1/p-1/t2-,5+;/m0./s1. The van der Waals surface area contributed by atoms with E-state index in [4.69, 9.17) is 15.3 Å². The Morgan fingerprint density at radius 2 is 2.15 bits per heavy atom. The molecule has 1 rings (SSSR count). The van der Waals surface area contributed by atoms with Crippen molar-refractivity contribution in [3.63, 3.8) is 0 Å². The quantitative estimate of drug-likeness (QED) is 0.349. The molecule has 0 bridgehead atoms. The van der Waals surface area contributed by atoms with E-state index < -0.39 is 36.3 Å². The van der Waals surface area contributed by atoms with E-state index in [1.54, 1.807) is 0 Å². The van der Waals surface area contributed by atoms with E-state index in [9.17, 15) is 9.90 Å². The molecule has 7 heteroatoms. The van der Waals surface area contributed by atoms with Gasteiger partial charge in [0.25, 0.3) is 0 Å². The van der Waals surface area contributed by atoms with Gasteiger partial charge < -0.3 is 25.2 Å². The molecule has 6 nitrogen and oxygen atoms in total. The van der Waals surface area contributed by atoms with Crippen LogP contribution in [0.25, 0.3) is 0 Å². The van der Waals surface area contributed by atoms with Crippen molar-refractivity contribution in [3.05, 3.63) is 11.5 Å². The van der Waals surface area contributed by atoms with Gasteiger partial charge in [-0.3, -0.25) is 0 Å². The van der Waals surface area contributed by atoms with Crippen LogP contribution in [0.1, 0.15) is 0 Å². The fraction of sp³-hybridized carbons (Fsp3) is 0.500. The zero-order valence-electron chi connectivity index (χ0n) is 6.51. The van der Waals surface area contributed by atoms with Gasteiger partial charge in [-0.15, -0.1) is 0 Å². The van der Waals surface area contributed by atoms with E-state index in [1.165, 1.54) is 0 Å². The van der Waals surface area contributed by atoms with Crippen LogP contribution in [0.4, 0.5) is 0 Å². The molecular weight excluding hydrogens is 372 g/mol. The summed E-state index contributed by atoms with van der Waals surface area (Å²) in [5, 5.41) is 36.8. The first-order valence-electron chi connectivity index (χ1n) is 3.18. The molecule has 1 aliphatic heterocycles. The molecule has 0 radical (unpaired) electrons. The summed E-state index contributed by atoms with van der Waals surface area (Å²) in [5.41, 5.74) is 0. The first-order chi connectivity index (χ1) is 5.57. The molecule has 0 aromatic rings. The van der Waals surface area contributed by atoms with Gasteiger partial charge in [-0.05, 0) is 0 Å². The van der Waals surface area contributed by atoms with Crippen molar-refractivity contribution >= 4 is 33.3 Å². The van der Waals surface area contributed by atoms with Crippen LogP contribution in [0.5, 0.6) is 0 Å². The molecule has 0 fully saturated rings. The predicted molar refractivity (Wildman–Crippen MR) is 38.4 cm³/mol. The number of esters is 1. The SMILES string of the molecule is O=C1O[C@H]([C@@H](O)CO)C(O)=C1[O-].[Tl+]. The van der Waals surface area contributed by atoms with Crippen molar-refractivity contribution in [2.45, 2.75) is 12.2 Å². The van der Waals surface area contributed by atoms with E-state index in [0.29, 0.717) is 0 Å². The van der Waals surface area contributed by atoms with Gasteiger partial charge in [-0.2, -0.15) is 0 Å². The molecule has 0 spiro atoms. The van der Waals surface area contributed by atoms with Crippen molar-refractivity contribution in [2.75, 3.05) is 6.61 Å². The first-order valence-corrected chi connectivity index (χ1v) is 3.18. The molecule has 3 N–H and O–H groups in total. The Balaban J connectivity index is 0.00000144. The summed E-state index contributed by atoms with van der Waals surface area (Å²) in [6.07, 6.45) is -2.88. The normalized spacial score (nSPS) is 23.8. The van der Waals surface area contributed by atoms with Crippen molar-refractivity contribution in [1.29, 1.82) is 0 Å². The average Bonchev–Trinajstić information content (AvgIpc) is 2.32. The molecule has 1 aliphatic rings. The van der Waals surface area contributed by atoms with E-state index in [1.807, 2.05) is 0 Å². The minimum Gasteiger partial charge on any atom is -0.865 e. The van der Waals surface area contributed by atoms with Crippen LogP contribution in [-0.4, -0.2) is 67.4 Å². The number of ether oxygens (including phenoxy) is 1. The number of hydrogen-bond donors (Lipinski definition) is 3. The van der Waals surface area contributed by atoms with Crippen LogP contribution in [0.2, 0.25) is 0 Å². The molecule has 1 heterocycles. The summed E-state index contributed by atoms with van der Waals surface area (Å²) in [6.45, 7) is -0.699. The largest absolute Gasteiger partial charge is 1.00 e. The molecule has 0 aromatic heterocycles. The Morgan fingerprint density at radius 1 is 1.62 bits per heavy atom. The zero-order chi connectivity index (χ0) is 9.30. The molecule has 0 saturated carbocycles. The molecular formula is C6H7O6Tl. The second-order valence-electron chi connectivity index (χ2n) is 2.29. The number of carbonyl (C=O) groups is 1. The number of cyclic esters (lactones) is 1. The summed E-state index contributed by atoms with van der Waals surface area (Å²) >= 11 is 0. The van der Waals surface area contributed by atoms with Crippen LogP contribution >= 0.6 is 0 Å². The summed E-state index contributed by atoms with van der Waals surface area (Å²) in [6, 6.07) is 0. The molecule has 70 valence electrons. The number of carbonyl (C=O) groups excluding carboxylic acids is 1. The van der Waals surface area contributed by atoms with Crippen LogP contribution in [-0.2, 0) is 9.53 Å². The van der Waals surface area contributed by atoms with E-state index in [0.717, 1.165) is 0 Å². The Labute approximate surface area is 93.6 Å². The summed E-state index contributed by atoms with van der Waals surface area (Å²) < 4.78 is 4.25. The Kier molecular flexibility index (Phi) is 4.64. The second kappa shape index (κ2) is 4.77. The third-order valence-corrected chi connectivity index (χ3v) is 1.46. The topological polar surface area (TPSA) is 110 Å². The van der Waals surface area contributed by atoms with E-state index in [2.05, 4.69) is 4.74 Å². The monoisotopic (exact) mass is 380 g/mol. The van der Waals surface area contributed by atoms with Gasteiger partial charge in [0.1, 0.15) is 11.9 Å². The van der Waals surface area contributed by atoms with Gasteiger partial charge in [0.15, 0.2) is 6.10 Å². The maximum atomic E-state index is 10.6. The van der Waals surface area contributed by atoms with Crippen LogP contribution in [0.15, 0.2) is 11.5 Å². The third-order valence-electron chi connectivity index (χ3n) is 1.46. The number of rotatable bonds is 2. The zero-order valence-corrected chi connectivity index (χ0v) is 11.0. The van der Waals surface area contributed by atoms with Gasteiger partial charge in [0, 0.05) is 5.76 Å². The fourth-order valence-corrected chi connectivity index (χ4v) is 0.815. The molecule has 13 heavy (non-hydrogen) atoms. The number of hydrogen-bond acceptors (Lipinski definition) is 6. The number of aliphatic hydroxyl groups excluding tert-OH is 3. The van der Waals surface area contributed by atoms with Gasteiger partial charge in [0.2, 0.25) is 0 Å². The van der Waals surface area contributed by atoms with Crippen LogP contribution in [0, 0.1) is 0 Å². The van der Waals surface area contributed by atoms with Crippen molar-refractivity contribution in [3.8, 4) is 0 Å². The second-order valence-corrected chi connectivity index (χ2v) is 2.29. The van der Waals surface area contributed by atoms with E-state index in [-0.39, 0.29) is 27.3 Å². The Hall–Kier alpha value is -0.348. The molecule has 0 aliphatic carbocycles. The predicted octanol–water partition coefficient (Wildman–Crippen LogP) is -2.99. The summed E-state index contributed by atoms with van der Waals surface area (Å²) in [7, 11) is 0. The van der Waals surface area contributed by atoms with Crippen LogP contribution < -0.4 is 5.11 Å². The Bertz CT molecular complexity index is 237. The smallest absolute Gasteiger partial charge is 0.865 e. The van der Waals surface area contributed by atoms with Crippen molar-refractivity contribution < 1.29 is 30.0 Å². The van der Waals surface area contributed by atoms with Crippen LogP contribution in [0.3, 0.4) is 0 Å². The maximum absolute atomic E-state index is 10.6. The number of aliphatic hydroxyl groups is 3. The maximum Gasteiger partial charge on any atom is 1.00 e. The Morgan fingerprint density at radius 3 is 2.46 bits per heavy atom. The minimum atomic E-state index is -1.46. The van der Waals surface area contributed by atoms with Crippen molar-refractivity contribution in [1.82, 2.24) is 0 Å². The van der Waals surface area contributed by atoms with Gasteiger partial charge in [0.05, 0.1) is 6.61 Å². The molecule has 0 saturated heterocycles. The average molecular weight is 379 g/mol. The van der Waals surface area contributed by atoms with Gasteiger partial charge >= 0.3 is 33.3 Å².